The standard InChI is InChI=1S/C15H17N3O3/c1-10(5-6-14(19)20)17-15(21)18-13-4-2-3-11-7-8-16-9-12(11)13/h2-4,7-10H,5-6H2,1H3,(H,19,20)(H2,17,18,21). The van der Waals surface area contributed by atoms with Crippen LogP contribution in [0.2, 0.25) is 0 Å². The van der Waals surface area contributed by atoms with E-state index < -0.39 is 5.97 Å². The molecule has 0 spiro atoms. The third-order valence-electron chi connectivity index (χ3n) is 3.10. The zero-order valence-corrected chi connectivity index (χ0v) is 11.7. The average molecular weight is 287 g/mol. The van der Waals surface area contributed by atoms with E-state index in [1.165, 1.54) is 0 Å². The van der Waals surface area contributed by atoms with Gasteiger partial charge in [0.25, 0.3) is 0 Å². The van der Waals surface area contributed by atoms with E-state index >= 15 is 0 Å². The first-order chi connectivity index (χ1) is 10.1. The first-order valence-corrected chi connectivity index (χ1v) is 6.68. The van der Waals surface area contributed by atoms with Gasteiger partial charge in [-0.05, 0) is 30.9 Å². The normalized spacial score (nSPS) is 11.9. The highest BCUT2D eigenvalue weighted by Crippen LogP contribution is 2.21. The summed E-state index contributed by atoms with van der Waals surface area (Å²) in [4.78, 5) is 26.5. The topological polar surface area (TPSA) is 91.3 Å². The fourth-order valence-electron chi connectivity index (χ4n) is 2.02. The number of nitrogens with zero attached hydrogens (tertiary/aromatic N) is 1. The number of anilines is 1. The van der Waals surface area contributed by atoms with Crippen molar-refractivity contribution in [2.24, 2.45) is 0 Å². The summed E-state index contributed by atoms with van der Waals surface area (Å²) in [7, 11) is 0. The Labute approximate surface area is 122 Å². The van der Waals surface area contributed by atoms with Crippen molar-refractivity contribution in [3.05, 3.63) is 36.7 Å². The fourth-order valence-corrected chi connectivity index (χ4v) is 2.02. The molecule has 1 unspecified atom stereocenters. The van der Waals surface area contributed by atoms with E-state index in [9.17, 15) is 9.59 Å². The Balaban J connectivity index is 2.00. The van der Waals surface area contributed by atoms with Crippen LogP contribution in [-0.4, -0.2) is 28.1 Å². The molecule has 1 atom stereocenters. The van der Waals surface area contributed by atoms with Crippen molar-refractivity contribution in [3.8, 4) is 0 Å². The number of pyridine rings is 1. The Kier molecular flexibility index (Phi) is 4.71. The SMILES string of the molecule is CC(CCC(=O)O)NC(=O)Nc1cccc2ccncc12. The van der Waals surface area contributed by atoms with Crippen molar-refractivity contribution < 1.29 is 14.7 Å². The predicted octanol–water partition coefficient (Wildman–Crippen LogP) is 2.61. The van der Waals surface area contributed by atoms with Gasteiger partial charge in [-0.3, -0.25) is 9.78 Å². The molecule has 1 aromatic heterocycles. The molecule has 21 heavy (non-hydrogen) atoms. The molecule has 0 aliphatic heterocycles. The van der Waals surface area contributed by atoms with Crippen LogP contribution in [0, 0.1) is 0 Å². The van der Waals surface area contributed by atoms with E-state index in [0.29, 0.717) is 12.1 Å². The lowest BCUT2D eigenvalue weighted by Gasteiger charge is -2.14. The second-order valence-corrected chi connectivity index (χ2v) is 4.83. The summed E-state index contributed by atoms with van der Waals surface area (Å²) in [6, 6.07) is 6.89. The Morgan fingerprint density at radius 3 is 2.90 bits per heavy atom. The van der Waals surface area contributed by atoms with Crippen molar-refractivity contribution in [3.63, 3.8) is 0 Å². The number of nitrogens with one attached hydrogen (secondary N) is 2. The van der Waals surface area contributed by atoms with Crippen LogP contribution in [0.3, 0.4) is 0 Å². The Bertz CT molecular complexity index is 652. The largest absolute Gasteiger partial charge is 0.481 e. The molecule has 3 N–H and O–H groups in total. The highest BCUT2D eigenvalue weighted by atomic mass is 16.4. The van der Waals surface area contributed by atoms with Crippen molar-refractivity contribution in [1.29, 1.82) is 0 Å². The minimum atomic E-state index is -0.871. The molecule has 0 aliphatic rings. The Hall–Kier alpha value is -2.63. The van der Waals surface area contributed by atoms with Crippen LogP contribution in [0.4, 0.5) is 10.5 Å². The summed E-state index contributed by atoms with van der Waals surface area (Å²) >= 11 is 0. The molecule has 110 valence electrons. The molecular weight excluding hydrogens is 270 g/mol. The van der Waals surface area contributed by atoms with Gasteiger partial charge in [-0.15, -0.1) is 0 Å². The second kappa shape index (κ2) is 6.69. The van der Waals surface area contributed by atoms with E-state index in [0.717, 1.165) is 10.8 Å². The van der Waals surface area contributed by atoms with Gasteiger partial charge >= 0.3 is 12.0 Å². The monoisotopic (exact) mass is 287 g/mol. The van der Waals surface area contributed by atoms with E-state index in [4.69, 9.17) is 5.11 Å². The number of carbonyl (C=O) groups is 2. The molecule has 6 heteroatoms. The van der Waals surface area contributed by atoms with Gasteiger partial charge in [-0.2, -0.15) is 0 Å². The number of aromatic nitrogens is 1. The van der Waals surface area contributed by atoms with E-state index in [1.807, 2.05) is 18.2 Å². The van der Waals surface area contributed by atoms with Gasteiger partial charge in [-0.1, -0.05) is 12.1 Å². The smallest absolute Gasteiger partial charge is 0.319 e. The molecule has 6 nitrogen and oxygen atoms in total. The second-order valence-electron chi connectivity index (χ2n) is 4.83. The molecular formula is C15H17N3O3. The van der Waals surface area contributed by atoms with Gasteiger partial charge in [0.2, 0.25) is 0 Å². The Morgan fingerprint density at radius 2 is 2.14 bits per heavy atom. The zero-order chi connectivity index (χ0) is 15.2. The molecule has 0 radical (unpaired) electrons. The lowest BCUT2D eigenvalue weighted by Crippen LogP contribution is -2.36. The molecule has 1 heterocycles. The number of aliphatic carboxylic acids is 1. The maximum Gasteiger partial charge on any atom is 0.319 e. The van der Waals surface area contributed by atoms with Gasteiger partial charge in [0, 0.05) is 30.2 Å². The highest BCUT2D eigenvalue weighted by Gasteiger charge is 2.10. The minimum Gasteiger partial charge on any atom is -0.481 e. The summed E-state index contributed by atoms with van der Waals surface area (Å²) in [5, 5.41) is 15.9. The van der Waals surface area contributed by atoms with Gasteiger partial charge in [0.15, 0.2) is 0 Å². The fraction of sp³-hybridized carbons (Fsp3) is 0.267. The van der Waals surface area contributed by atoms with Crippen LogP contribution in [0.15, 0.2) is 36.7 Å². The highest BCUT2D eigenvalue weighted by molar-refractivity contribution is 6.01. The molecule has 0 fully saturated rings. The van der Waals surface area contributed by atoms with Crippen LogP contribution in [-0.2, 0) is 4.79 Å². The minimum absolute atomic E-state index is 0.0274. The maximum absolute atomic E-state index is 11.9. The number of carbonyl (C=O) groups excluding carboxylic acids is 1. The molecule has 2 amide bonds. The summed E-state index contributed by atoms with van der Waals surface area (Å²) in [6.07, 6.45) is 3.80. The van der Waals surface area contributed by atoms with Crippen LogP contribution in [0.5, 0.6) is 0 Å². The number of hydrogen-bond acceptors (Lipinski definition) is 3. The number of hydrogen-bond donors (Lipinski definition) is 3. The van der Waals surface area contributed by atoms with E-state index in [-0.39, 0.29) is 18.5 Å². The third-order valence-corrected chi connectivity index (χ3v) is 3.10. The predicted molar refractivity (Wildman–Crippen MR) is 80.2 cm³/mol. The summed E-state index contributed by atoms with van der Waals surface area (Å²) in [6.45, 7) is 1.77. The Morgan fingerprint density at radius 1 is 1.33 bits per heavy atom. The lowest BCUT2D eigenvalue weighted by molar-refractivity contribution is -0.137. The zero-order valence-electron chi connectivity index (χ0n) is 11.7. The van der Waals surface area contributed by atoms with Crippen molar-refractivity contribution >= 4 is 28.5 Å². The van der Waals surface area contributed by atoms with Gasteiger partial charge in [0.1, 0.15) is 0 Å². The number of fused-ring (bicyclic) bond motifs is 1. The molecule has 1 aromatic carbocycles. The first kappa shape index (κ1) is 14.8. The quantitative estimate of drug-likeness (QED) is 0.788. The van der Waals surface area contributed by atoms with Crippen molar-refractivity contribution in [2.75, 3.05) is 5.32 Å². The van der Waals surface area contributed by atoms with E-state index in [2.05, 4.69) is 15.6 Å². The van der Waals surface area contributed by atoms with Crippen LogP contribution >= 0.6 is 0 Å². The first-order valence-electron chi connectivity index (χ1n) is 6.68. The molecule has 0 saturated carbocycles. The number of carboxylic acid groups (broad SMARTS) is 1. The molecule has 2 aromatic rings. The van der Waals surface area contributed by atoms with E-state index in [1.54, 1.807) is 25.4 Å². The van der Waals surface area contributed by atoms with Crippen LogP contribution in [0.1, 0.15) is 19.8 Å². The average Bonchev–Trinajstić information content (AvgIpc) is 2.45. The summed E-state index contributed by atoms with van der Waals surface area (Å²) in [5.74, 6) is -0.871. The maximum atomic E-state index is 11.9. The van der Waals surface area contributed by atoms with Crippen LogP contribution in [0.25, 0.3) is 10.8 Å². The molecule has 0 aliphatic carbocycles. The summed E-state index contributed by atoms with van der Waals surface area (Å²) < 4.78 is 0. The number of carboxylic acids is 1. The molecule has 0 saturated heterocycles. The van der Waals surface area contributed by atoms with Crippen LogP contribution < -0.4 is 10.6 Å². The summed E-state index contributed by atoms with van der Waals surface area (Å²) in [5.41, 5.74) is 0.670. The van der Waals surface area contributed by atoms with Gasteiger partial charge in [0.05, 0.1) is 5.69 Å². The third kappa shape index (κ3) is 4.17. The molecule has 0 bridgehead atoms. The number of amides is 2. The van der Waals surface area contributed by atoms with Gasteiger partial charge in [-0.25, -0.2) is 4.79 Å². The van der Waals surface area contributed by atoms with Crippen molar-refractivity contribution in [2.45, 2.75) is 25.8 Å². The van der Waals surface area contributed by atoms with Gasteiger partial charge < -0.3 is 15.7 Å². The molecule has 2 rings (SSSR count). The number of rotatable bonds is 5. The lowest BCUT2D eigenvalue weighted by atomic mass is 10.1. The van der Waals surface area contributed by atoms with Crippen molar-refractivity contribution in [1.82, 2.24) is 10.3 Å². The number of urea groups is 1. The number of benzene rings is 1.